The van der Waals surface area contributed by atoms with Gasteiger partial charge in [0.1, 0.15) is 0 Å². The molecule has 0 saturated carbocycles. The van der Waals surface area contributed by atoms with E-state index in [1.165, 1.54) is 118 Å². The third-order valence-electron chi connectivity index (χ3n) is 15.9. The van der Waals surface area contributed by atoms with Gasteiger partial charge in [0.05, 0.1) is 0 Å². The molecule has 4 aliphatic rings. The predicted molar refractivity (Wildman–Crippen MR) is 255 cm³/mol. The maximum absolute atomic E-state index is 2.61. The van der Waals surface area contributed by atoms with Gasteiger partial charge in [0.15, 0.2) is 0 Å². The first kappa shape index (κ1) is 37.3. The largest absolute Gasteiger partial charge is 0.310 e. The van der Waals surface area contributed by atoms with Crippen LogP contribution in [0.4, 0.5) is 17.1 Å². The molecule has 0 N–H and O–H groups in total. The summed E-state index contributed by atoms with van der Waals surface area (Å²) in [4.78, 5) is 2.55. The average Bonchev–Trinajstić information content (AvgIpc) is 3.79. The van der Waals surface area contributed by atoms with Gasteiger partial charge >= 0.3 is 0 Å². The smallest absolute Gasteiger partial charge is 0.0468 e. The Labute approximate surface area is 356 Å². The second-order valence-corrected chi connectivity index (χ2v) is 23.5. The Morgan fingerprint density at radius 2 is 0.881 bits per heavy atom. The Morgan fingerprint density at radius 1 is 0.373 bits per heavy atom. The molecule has 11 rings (SSSR count). The van der Waals surface area contributed by atoms with E-state index < -0.39 is 0 Å². The van der Waals surface area contributed by atoms with Gasteiger partial charge in [0.2, 0.25) is 0 Å². The van der Waals surface area contributed by atoms with E-state index in [2.05, 4.69) is 191 Å². The van der Waals surface area contributed by atoms with Crippen LogP contribution < -0.4 is 4.90 Å². The lowest BCUT2D eigenvalue weighted by molar-refractivity contribution is 0.331. The molecular formula is C57H59NS. The molecule has 0 amide bonds. The third kappa shape index (κ3) is 5.08. The number of nitrogens with zero attached hydrogens (tertiary/aromatic N) is 1. The zero-order valence-corrected chi connectivity index (χ0v) is 38.1. The Kier molecular flexibility index (Phi) is 7.33. The summed E-state index contributed by atoms with van der Waals surface area (Å²) in [6.45, 7) is 29.2. The molecule has 0 spiro atoms. The van der Waals surface area contributed by atoms with Gasteiger partial charge in [-0.3, -0.25) is 0 Å². The highest BCUT2D eigenvalue weighted by Crippen LogP contribution is 2.57. The zero-order valence-electron chi connectivity index (χ0n) is 37.3. The van der Waals surface area contributed by atoms with Gasteiger partial charge in [-0.15, -0.1) is 11.3 Å². The van der Waals surface area contributed by atoms with Crippen molar-refractivity contribution in [1.29, 1.82) is 0 Å². The molecule has 0 fully saturated rings. The van der Waals surface area contributed by atoms with Gasteiger partial charge in [-0.2, -0.15) is 0 Å². The second-order valence-electron chi connectivity index (χ2n) is 22.4. The fourth-order valence-corrected chi connectivity index (χ4v) is 13.7. The van der Waals surface area contributed by atoms with E-state index in [9.17, 15) is 0 Å². The van der Waals surface area contributed by atoms with Crippen molar-refractivity contribution in [3.05, 3.63) is 148 Å². The summed E-state index contributed by atoms with van der Waals surface area (Å²) in [6.07, 6.45) is 3.62. The average molecular weight is 790 g/mol. The molecule has 4 aliphatic carbocycles. The van der Waals surface area contributed by atoms with Crippen molar-refractivity contribution >= 4 is 48.6 Å². The molecule has 0 atom stereocenters. The van der Waals surface area contributed by atoms with Crippen molar-refractivity contribution in [3.63, 3.8) is 0 Å². The van der Waals surface area contributed by atoms with Crippen molar-refractivity contribution in [1.82, 2.24) is 0 Å². The lowest BCUT2D eigenvalue weighted by atomic mass is 9.62. The summed E-state index contributed by atoms with van der Waals surface area (Å²) < 4.78 is 2.75. The van der Waals surface area contributed by atoms with Crippen molar-refractivity contribution in [2.24, 2.45) is 0 Å². The molecule has 0 radical (unpaired) electrons. The van der Waals surface area contributed by atoms with Crippen LogP contribution in [0.1, 0.15) is 147 Å². The summed E-state index contributed by atoms with van der Waals surface area (Å²) in [7, 11) is 0. The summed E-state index contributed by atoms with van der Waals surface area (Å²) in [6, 6.07) is 41.2. The topological polar surface area (TPSA) is 3.24 Å². The molecule has 0 saturated heterocycles. The highest BCUT2D eigenvalue weighted by atomic mass is 32.1. The first-order chi connectivity index (χ1) is 27.7. The van der Waals surface area contributed by atoms with Crippen LogP contribution in [0.3, 0.4) is 0 Å². The minimum Gasteiger partial charge on any atom is -0.310 e. The SMILES string of the molecule is CC1(C)CCC(C)(C)c2cc3c(cc21)-c1cc(N(c2ccc4c(c2)C(C)(C)c2ccccc2-4)c2ccc4sc5cc6c(cc5c4c2)C(C)(C)CC6(C)C)ccc1C3(C)C. The fraction of sp³-hybridized carbons (Fsp3) is 0.368. The number of anilines is 3. The Bertz CT molecular complexity index is 2980. The van der Waals surface area contributed by atoms with Crippen molar-refractivity contribution in [2.45, 2.75) is 135 Å². The summed E-state index contributed by atoms with van der Waals surface area (Å²) in [5, 5.41) is 2.75. The van der Waals surface area contributed by atoms with E-state index in [1.54, 1.807) is 5.56 Å². The molecule has 0 aliphatic heterocycles. The molecule has 6 aromatic carbocycles. The van der Waals surface area contributed by atoms with E-state index in [1.807, 2.05) is 11.3 Å². The van der Waals surface area contributed by atoms with E-state index in [-0.39, 0.29) is 32.5 Å². The van der Waals surface area contributed by atoms with E-state index >= 15 is 0 Å². The predicted octanol–water partition coefficient (Wildman–Crippen LogP) is 16.4. The van der Waals surface area contributed by atoms with Gasteiger partial charge in [0.25, 0.3) is 0 Å². The van der Waals surface area contributed by atoms with Gasteiger partial charge in [0, 0.05) is 48.1 Å². The van der Waals surface area contributed by atoms with Gasteiger partial charge < -0.3 is 4.90 Å². The number of fused-ring (bicyclic) bond motifs is 11. The van der Waals surface area contributed by atoms with Crippen LogP contribution in [0, 0.1) is 0 Å². The number of thiophene rings is 1. The number of benzene rings is 6. The maximum Gasteiger partial charge on any atom is 0.0468 e. The molecule has 1 aromatic heterocycles. The van der Waals surface area contributed by atoms with Crippen LogP contribution in [0.2, 0.25) is 0 Å². The summed E-state index contributed by atoms with van der Waals surface area (Å²) in [5.41, 5.74) is 21.4. The number of rotatable bonds is 3. The molecule has 0 unspecified atom stereocenters. The highest BCUT2D eigenvalue weighted by Gasteiger charge is 2.44. The quantitative estimate of drug-likeness (QED) is 0.172. The minimum absolute atomic E-state index is 0.0821. The highest BCUT2D eigenvalue weighted by molar-refractivity contribution is 7.25. The lowest BCUT2D eigenvalue weighted by Gasteiger charge is -2.42. The van der Waals surface area contributed by atoms with Crippen molar-refractivity contribution < 1.29 is 0 Å². The van der Waals surface area contributed by atoms with Crippen LogP contribution in [0.15, 0.2) is 103 Å². The Balaban J connectivity index is 1.13. The van der Waals surface area contributed by atoms with Gasteiger partial charge in [-0.1, -0.05) is 126 Å². The maximum atomic E-state index is 2.61. The van der Waals surface area contributed by atoms with Crippen molar-refractivity contribution in [2.75, 3.05) is 4.90 Å². The molecule has 1 heterocycles. The van der Waals surface area contributed by atoms with E-state index in [4.69, 9.17) is 0 Å². The monoisotopic (exact) mass is 789 g/mol. The van der Waals surface area contributed by atoms with Crippen LogP contribution in [0.5, 0.6) is 0 Å². The normalized spacial score (nSPS) is 20.1. The third-order valence-corrected chi connectivity index (χ3v) is 17.0. The lowest BCUT2D eigenvalue weighted by Crippen LogP contribution is -2.34. The molecule has 1 nitrogen and oxygen atoms in total. The first-order valence-electron chi connectivity index (χ1n) is 22.1. The van der Waals surface area contributed by atoms with Crippen LogP contribution in [-0.4, -0.2) is 0 Å². The van der Waals surface area contributed by atoms with Crippen LogP contribution >= 0.6 is 11.3 Å². The Morgan fingerprint density at radius 3 is 1.61 bits per heavy atom. The van der Waals surface area contributed by atoms with Crippen molar-refractivity contribution in [3.8, 4) is 22.3 Å². The zero-order chi connectivity index (χ0) is 41.4. The van der Waals surface area contributed by atoms with Gasteiger partial charge in [-0.25, -0.2) is 0 Å². The fourth-order valence-electron chi connectivity index (χ4n) is 12.6. The first-order valence-corrected chi connectivity index (χ1v) is 22.9. The summed E-state index contributed by atoms with van der Waals surface area (Å²) in [5.74, 6) is 0. The van der Waals surface area contributed by atoms with Crippen LogP contribution in [-0.2, 0) is 32.5 Å². The minimum atomic E-state index is -0.0946. The second kappa shape index (κ2) is 11.6. The number of hydrogen-bond acceptors (Lipinski definition) is 2. The van der Waals surface area contributed by atoms with E-state index in [0.717, 1.165) is 0 Å². The molecule has 0 bridgehead atoms. The standard InChI is InChI=1S/C57H59NS/c1-52(2)23-24-53(3,4)48-30-45-39(28-46(48)52)38-25-33(18-21-43(38)57(45,11)12)58(35-17-20-37-36-15-13-14-16-42(36)56(9,10)44(37)27-35)34-19-22-50-40(26-34)41-29-47-49(31-51(41)59-50)55(7,8)32-54(47,5)6/h13-22,25-31H,23-24,32H2,1-12H3. The Hall–Kier alpha value is -4.66. The van der Waals surface area contributed by atoms with Gasteiger partial charge in [-0.05, 0) is 168 Å². The van der Waals surface area contributed by atoms with Crippen LogP contribution in [0.25, 0.3) is 42.4 Å². The summed E-state index contributed by atoms with van der Waals surface area (Å²) >= 11 is 1.95. The molecule has 59 heavy (non-hydrogen) atoms. The molecule has 2 heteroatoms. The molecular weight excluding hydrogens is 731 g/mol. The molecule has 298 valence electrons. The van der Waals surface area contributed by atoms with E-state index in [0.29, 0.717) is 0 Å². The number of hydrogen-bond donors (Lipinski definition) is 0. The molecule has 7 aromatic rings.